The number of likely N-dealkylation sites (N-methyl/N-ethyl adjacent to an activating group) is 1. The molecule has 1 fully saturated rings. The number of aliphatic imine (C=N–C) groups is 1. The number of ether oxygens (including phenoxy) is 3. The van der Waals surface area contributed by atoms with E-state index >= 15 is 0 Å². The van der Waals surface area contributed by atoms with E-state index in [9.17, 15) is 0 Å². The number of halogens is 1. The van der Waals surface area contributed by atoms with E-state index in [0.717, 1.165) is 49.6 Å². The van der Waals surface area contributed by atoms with Crippen LogP contribution in [0.3, 0.4) is 0 Å². The van der Waals surface area contributed by atoms with Crippen LogP contribution < -0.4 is 20.5 Å². The predicted octanol–water partition coefficient (Wildman–Crippen LogP) is 3.77. The van der Waals surface area contributed by atoms with Crippen LogP contribution in [0.2, 0.25) is 5.02 Å². The number of nitrogens with one attached hydrogen (secondary N) is 1. The highest BCUT2D eigenvalue weighted by molar-refractivity contribution is 6.32. The zero-order chi connectivity index (χ0) is 22.1. The van der Waals surface area contributed by atoms with Crippen molar-refractivity contribution in [3.63, 3.8) is 0 Å². The molecular formula is C23H31ClN4O3. The number of methoxy groups -OCH3 is 1. The maximum Gasteiger partial charge on any atom is 0.193 e. The van der Waals surface area contributed by atoms with Crippen molar-refractivity contribution in [3.05, 3.63) is 53.1 Å². The molecule has 2 aromatic rings. The van der Waals surface area contributed by atoms with E-state index in [1.165, 1.54) is 0 Å². The van der Waals surface area contributed by atoms with Crippen molar-refractivity contribution in [1.82, 2.24) is 4.90 Å². The van der Waals surface area contributed by atoms with Crippen LogP contribution in [0, 0.1) is 0 Å². The fraction of sp³-hybridized carbons (Fsp3) is 0.435. The fourth-order valence-corrected chi connectivity index (χ4v) is 3.72. The zero-order valence-electron chi connectivity index (χ0n) is 18.1. The first-order valence-electron chi connectivity index (χ1n) is 10.5. The Morgan fingerprint density at radius 3 is 2.81 bits per heavy atom. The van der Waals surface area contributed by atoms with Gasteiger partial charge >= 0.3 is 0 Å². The van der Waals surface area contributed by atoms with Gasteiger partial charge in [-0.15, -0.1) is 0 Å². The molecule has 0 saturated carbocycles. The minimum Gasteiger partial charge on any atom is -0.495 e. The standard InChI is InChI=1S/C23H31ClN4O3/c1-28(19-8-11-30-12-9-19)10-13-31-20-5-3-4-17(14-20)16-26-23(25)27-18-6-7-22(29-2)21(24)15-18/h3-7,14-15,19H,8-13,16H2,1-2H3,(H3,25,26,27). The maximum absolute atomic E-state index is 6.14. The van der Waals surface area contributed by atoms with E-state index < -0.39 is 0 Å². The van der Waals surface area contributed by atoms with Gasteiger partial charge in [-0.1, -0.05) is 23.7 Å². The minimum atomic E-state index is 0.311. The number of benzene rings is 2. The molecule has 1 aliphatic heterocycles. The smallest absolute Gasteiger partial charge is 0.193 e. The highest BCUT2D eigenvalue weighted by Gasteiger charge is 2.17. The first kappa shape index (κ1) is 23.2. The monoisotopic (exact) mass is 446 g/mol. The summed E-state index contributed by atoms with van der Waals surface area (Å²) in [5.74, 6) is 1.76. The van der Waals surface area contributed by atoms with Crippen LogP contribution in [0.4, 0.5) is 5.69 Å². The molecule has 3 N–H and O–H groups in total. The molecule has 2 aromatic carbocycles. The summed E-state index contributed by atoms with van der Waals surface area (Å²) in [6.07, 6.45) is 2.17. The maximum atomic E-state index is 6.14. The molecule has 1 saturated heterocycles. The van der Waals surface area contributed by atoms with Gasteiger partial charge in [-0.05, 0) is 55.8 Å². The van der Waals surface area contributed by atoms with E-state index in [0.29, 0.717) is 35.9 Å². The van der Waals surface area contributed by atoms with Crippen molar-refractivity contribution in [2.45, 2.75) is 25.4 Å². The number of hydrogen-bond donors (Lipinski definition) is 2. The number of anilines is 1. The Bertz CT molecular complexity index is 872. The van der Waals surface area contributed by atoms with E-state index in [2.05, 4.69) is 22.3 Å². The zero-order valence-corrected chi connectivity index (χ0v) is 18.9. The van der Waals surface area contributed by atoms with E-state index in [1.54, 1.807) is 19.2 Å². The minimum absolute atomic E-state index is 0.311. The highest BCUT2D eigenvalue weighted by Crippen LogP contribution is 2.27. The lowest BCUT2D eigenvalue weighted by molar-refractivity contribution is 0.0392. The Kier molecular flexibility index (Phi) is 8.82. The van der Waals surface area contributed by atoms with Crippen LogP contribution in [0.1, 0.15) is 18.4 Å². The molecule has 31 heavy (non-hydrogen) atoms. The van der Waals surface area contributed by atoms with Crippen molar-refractivity contribution < 1.29 is 14.2 Å². The van der Waals surface area contributed by atoms with Crippen molar-refractivity contribution in [3.8, 4) is 11.5 Å². The van der Waals surface area contributed by atoms with Crippen molar-refractivity contribution >= 4 is 23.2 Å². The van der Waals surface area contributed by atoms with Gasteiger partial charge in [0.15, 0.2) is 5.96 Å². The van der Waals surface area contributed by atoms with Gasteiger partial charge in [-0.2, -0.15) is 0 Å². The first-order chi connectivity index (χ1) is 15.0. The Hall–Kier alpha value is -2.48. The quantitative estimate of drug-likeness (QED) is 0.451. The van der Waals surface area contributed by atoms with E-state index in [-0.39, 0.29) is 0 Å². The highest BCUT2D eigenvalue weighted by atomic mass is 35.5. The number of nitrogens with two attached hydrogens (primary N) is 1. The molecule has 8 heteroatoms. The molecule has 0 spiro atoms. The fourth-order valence-electron chi connectivity index (χ4n) is 3.46. The third-order valence-corrected chi connectivity index (χ3v) is 5.58. The summed E-state index contributed by atoms with van der Waals surface area (Å²) in [6, 6.07) is 13.9. The first-order valence-corrected chi connectivity index (χ1v) is 10.8. The largest absolute Gasteiger partial charge is 0.495 e. The molecule has 0 atom stereocenters. The van der Waals surface area contributed by atoms with Crippen LogP contribution in [-0.2, 0) is 11.3 Å². The third kappa shape index (κ3) is 7.31. The molecule has 0 unspecified atom stereocenters. The molecule has 0 amide bonds. The van der Waals surface area contributed by atoms with Gasteiger partial charge < -0.3 is 25.3 Å². The average molecular weight is 447 g/mol. The normalized spacial score (nSPS) is 15.2. The summed E-state index contributed by atoms with van der Waals surface area (Å²) in [5, 5.41) is 3.55. The Labute approximate surface area is 189 Å². The number of hydrogen-bond acceptors (Lipinski definition) is 5. The van der Waals surface area contributed by atoms with Crippen molar-refractivity contribution in [1.29, 1.82) is 0 Å². The van der Waals surface area contributed by atoms with Crippen LogP contribution in [-0.4, -0.2) is 57.4 Å². The second kappa shape index (κ2) is 11.8. The Morgan fingerprint density at radius 1 is 1.26 bits per heavy atom. The summed E-state index contributed by atoms with van der Waals surface area (Å²) in [7, 11) is 3.72. The SMILES string of the molecule is COc1ccc(NC(N)=NCc2cccc(OCCN(C)C3CCOCC3)c2)cc1Cl. The molecule has 1 aliphatic rings. The number of nitrogens with zero attached hydrogens (tertiary/aromatic N) is 2. The molecule has 3 rings (SSSR count). The lowest BCUT2D eigenvalue weighted by Gasteiger charge is -2.31. The Morgan fingerprint density at radius 2 is 2.06 bits per heavy atom. The topological polar surface area (TPSA) is 81.3 Å². The number of guanidine groups is 1. The molecule has 168 valence electrons. The number of rotatable bonds is 9. The van der Waals surface area contributed by atoms with Crippen LogP contribution in [0.15, 0.2) is 47.5 Å². The van der Waals surface area contributed by atoms with Crippen LogP contribution >= 0.6 is 11.6 Å². The second-order valence-corrected chi connectivity index (χ2v) is 7.90. The summed E-state index contributed by atoms with van der Waals surface area (Å²) in [5.41, 5.74) is 7.78. The van der Waals surface area contributed by atoms with Gasteiger partial charge in [-0.3, -0.25) is 4.90 Å². The summed E-state index contributed by atoms with van der Waals surface area (Å²) in [4.78, 5) is 6.76. The van der Waals surface area contributed by atoms with Crippen molar-refractivity contribution in [2.24, 2.45) is 10.7 Å². The van der Waals surface area contributed by atoms with Gasteiger partial charge in [0, 0.05) is 31.5 Å². The van der Waals surface area contributed by atoms with Gasteiger partial charge in [0.25, 0.3) is 0 Å². The lowest BCUT2D eigenvalue weighted by atomic mass is 10.1. The molecule has 1 heterocycles. The van der Waals surface area contributed by atoms with Crippen molar-refractivity contribution in [2.75, 3.05) is 45.8 Å². The van der Waals surface area contributed by atoms with Gasteiger partial charge in [0.05, 0.1) is 18.7 Å². The van der Waals surface area contributed by atoms with Crippen LogP contribution in [0.25, 0.3) is 0 Å². The predicted molar refractivity (Wildman–Crippen MR) is 125 cm³/mol. The summed E-state index contributed by atoms with van der Waals surface area (Å²) < 4.78 is 16.5. The Balaban J connectivity index is 1.47. The average Bonchev–Trinajstić information content (AvgIpc) is 2.79. The van der Waals surface area contributed by atoms with E-state index in [1.807, 2.05) is 30.3 Å². The van der Waals surface area contributed by atoms with E-state index in [4.69, 9.17) is 31.5 Å². The van der Waals surface area contributed by atoms with Gasteiger partial charge in [-0.25, -0.2) is 4.99 Å². The molecule has 7 nitrogen and oxygen atoms in total. The second-order valence-electron chi connectivity index (χ2n) is 7.50. The molecule has 0 aliphatic carbocycles. The third-order valence-electron chi connectivity index (χ3n) is 5.28. The van der Waals surface area contributed by atoms with Crippen LogP contribution in [0.5, 0.6) is 11.5 Å². The molecule has 0 aromatic heterocycles. The molecule has 0 bridgehead atoms. The van der Waals surface area contributed by atoms with Gasteiger partial charge in [0.2, 0.25) is 0 Å². The molecule has 0 radical (unpaired) electrons. The lowest BCUT2D eigenvalue weighted by Crippen LogP contribution is -2.38. The summed E-state index contributed by atoms with van der Waals surface area (Å²) >= 11 is 6.14. The van der Waals surface area contributed by atoms with Gasteiger partial charge in [0.1, 0.15) is 18.1 Å². The molecular weight excluding hydrogens is 416 g/mol. The summed E-state index contributed by atoms with van der Waals surface area (Å²) in [6.45, 7) is 3.67.